The van der Waals surface area contributed by atoms with Crippen molar-refractivity contribution in [2.24, 2.45) is 16.6 Å². The van der Waals surface area contributed by atoms with E-state index in [1.165, 1.54) is 64.5 Å². The lowest BCUT2D eigenvalue weighted by Gasteiger charge is -2.28. The van der Waals surface area contributed by atoms with Crippen molar-refractivity contribution in [3.8, 4) is 0 Å². The van der Waals surface area contributed by atoms with Gasteiger partial charge in [0.25, 0.3) is 0 Å². The zero-order valence-corrected chi connectivity index (χ0v) is 12.4. The molecule has 1 saturated carbocycles. The molecule has 2 rings (SSSR count). The Hall–Kier alpha value is -0.770. The molecule has 19 heavy (non-hydrogen) atoms. The van der Waals surface area contributed by atoms with Gasteiger partial charge in [0.1, 0.15) is 0 Å². The minimum atomic E-state index is 0.570. The smallest absolute Gasteiger partial charge is 0.188 e. The van der Waals surface area contributed by atoms with Crippen LogP contribution >= 0.6 is 0 Å². The van der Waals surface area contributed by atoms with Crippen molar-refractivity contribution in [1.82, 2.24) is 10.2 Å². The van der Waals surface area contributed by atoms with Gasteiger partial charge >= 0.3 is 0 Å². The van der Waals surface area contributed by atoms with Crippen LogP contribution in [0.3, 0.4) is 0 Å². The van der Waals surface area contributed by atoms with Crippen LogP contribution < -0.4 is 11.1 Å². The minimum absolute atomic E-state index is 0.570. The maximum absolute atomic E-state index is 5.97. The van der Waals surface area contributed by atoms with E-state index < -0.39 is 0 Å². The summed E-state index contributed by atoms with van der Waals surface area (Å²) in [6.07, 6.45) is 10.4. The van der Waals surface area contributed by atoms with Crippen molar-refractivity contribution < 1.29 is 0 Å². The van der Waals surface area contributed by atoms with Crippen molar-refractivity contribution in [2.75, 3.05) is 26.7 Å². The normalized spacial score (nSPS) is 24.6. The van der Waals surface area contributed by atoms with Crippen molar-refractivity contribution in [2.45, 2.75) is 57.4 Å². The number of hydrogen-bond acceptors (Lipinski definition) is 2. The highest BCUT2D eigenvalue weighted by atomic mass is 15.1. The monoisotopic (exact) mass is 266 g/mol. The SMILES string of the molecule is CN1CCC(CCN=C(N)NC2CCCCC2)CC1. The maximum atomic E-state index is 5.97. The third kappa shape index (κ3) is 5.39. The number of nitrogens with one attached hydrogen (secondary N) is 1. The molecule has 4 nitrogen and oxygen atoms in total. The lowest BCUT2D eigenvalue weighted by molar-refractivity contribution is 0.214. The first-order valence-corrected chi connectivity index (χ1v) is 7.99. The quantitative estimate of drug-likeness (QED) is 0.604. The van der Waals surface area contributed by atoms with Gasteiger partial charge in [-0.25, -0.2) is 0 Å². The molecule has 1 aliphatic carbocycles. The first kappa shape index (κ1) is 14.6. The van der Waals surface area contributed by atoms with Crippen LogP contribution in [-0.2, 0) is 0 Å². The highest BCUT2D eigenvalue weighted by Gasteiger charge is 2.16. The highest BCUT2D eigenvalue weighted by Crippen LogP contribution is 2.19. The van der Waals surface area contributed by atoms with Crippen LogP contribution in [0, 0.1) is 5.92 Å². The number of likely N-dealkylation sites (tertiary alicyclic amines) is 1. The molecular formula is C15H30N4. The lowest BCUT2D eigenvalue weighted by atomic mass is 9.94. The summed E-state index contributed by atoms with van der Waals surface area (Å²) in [4.78, 5) is 6.92. The molecule has 0 bridgehead atoms. The van der Waals surface area contributed by atoms with E-state index in [0.717, 1.165) is 12.5 Å². The van der Waals surface area contributed by atoms with Crippen LogP contribution in [0.2, 0.25) is 0 Å². The van der Waals surface area contributed by atoms with Crippen LogP contribution in [0.5, 0.6) is 0 Å². The fourth-order valence-corrected chi connectivity index (χ4v) is 3.22. The fraction of sp³-hybridized carbons (Fsp3) is 0.933. The Morgan fingerprint density at radius 3 is 2.53 bits per heavy atom. The molecule has 0 spiro atoms. The number of piperidine rings is 1. The maximum Gasteiger partial charge on any atom is 0.188 e. The fourth-order valence-electron chi connectivity index (χ4n) is 3.22. The molecule has 0 unspecified atom stereocenters. The van der Waals surface area contributed by atoms with Gasteiger partial charge in [-0.15, -0.1) is 0 Å². The third-order valence-corrected chi connectivity index (χ3v) is 4.61. The summed E-state index contributed by atoms with van der Waals surface area (Å²) in [6, 6.07) is 0.570. The molecule has 0 aromatic rings. The predicted molar refractivity (Wildman–Crippen MR) is 81.3 cm³/mol. The van der Waals surface area contributed by atoms with Crippen LogP contribution in [0.4, 0.5) is 0 Å². The van der Waals surface area contributed by atoms with E-state index in [0.29, 0.717) is 12.0 Å². The number of hydrogen-bond donors (Lipinski definition) is 2. The summed E-state index contributed by atoms with van der Waals surface area (Å²) >= 11 is 0. The van der Waals surface area contributed by atoms with E-state index >= 15 is 0 Å². The molecule has 1 saturated heterocycles. The Bertz CT molecular complexity index is 276. The lowest BCUT2D eigenvalue weighted by Crippen LogP contribution is -2.41. The summed E-state index contributed by atoms with van der Waals surface area (Å²) in [5, 5.41) is 3.38. The second-order valence-corrected chi connectivity index (χ2v) is 6.28. The number of nitrogens with two attached hydrogens (primary N) is 1. The molecule has 0 aromatic carbocycles. The first-order chi connectivity index (χ1) is 9.24. The summed E-state index contributed by atoms with van der Waals surface area (Å²) in [6.45, 7) is 3.37. The largest absolute Gasteiger partial charge is 0.370 e. The van der Waals surface area contributed by atoms with Crippen LogP contribution in [0.1, 0.15) is 51.4 Å². The molecule has 0 amide bonds. The van der Waals surface area contributed by atoms with Gasteiger partial charge in [0.05, 0.1) is 0 Å². The van der Waals surface area contributed by atoms with Gasteiger partial charge in [-0.1, -0.05) is 19.3 Å². The molecule has 2 aliphatic rings. The molecule has 4 heteroatoms. The second kappa shape index (κ2) is 7.73. The standard InChI is InChI=1S/C15H30N4/c1-19-11-8-13(9-12-19)7-10-17-15(16)18-14-5-3-2-4-6-14/h13-14H,2-12H2,1H3,(H3,16,17,18). The Morgan fingerprint density at radius 1 is 1.16 bits per heavy atom. The van der Waals surface area contributed by atoms with Crippen molar-refractivity contribution in [3.63, 3.8) is 0 Å². The van der Waals surface area contributed by atoms with Crippen LogP contribution in [-0.4, -0.2) is 43.6 Å². The molecule has 1 heterocycles. The van der Waals surface area contributed by atoms with E-state index in [-0.39, 0.29) is 0 Å². The van der Waals surface area contributed by atoms with E-state index in [9.17, 15) is 0 Å². The van der Waals surface area contributed by atoms with Gasteiger partial charge in [-0.2, -0.15) is 0 Å². The van der Waals surface area contributed by atoms with Crippen molar-refractivity contribution >= 4 is 5.96 Å². The van der Waals surface area contributed by atoms with Gasteiger partial charge in [-0.3, -0.25) is 4.99 Å². The van der Waals surface area contributed by atoms with Crippen molar-refractivity contribution in [1.29, 1.82) is 0 Å². The Kier molecular flexibility index (Phi) is 5.95. The first-order valence-electron chi connectivity index (χ1n) is 7.99. The number of rotatable bonds is 4. The zero-order chi connectivity index (χ0) is 13.5. The van der Waals surface area contributed by atoms with E-state index in [4.69, 9.17) is 5.73 Å². The van der Waals surface area contributed by atoms with Gasteiger partial charge in [0, 0.05) is 12.6 Å². The van der Waals surface area contributed by atoms with Crippen LogP contribution in [0.25, 0.3) is 0 Å². The number of nitrogens with zero attached hydrogens (tertiary/aromatic N) is 2. The third-order valence-electron chi connectivity index (χ3n) is 4.61. The van der Waals surface area contributed by atoms with E-state index in [1.54, 1.807) is 0 Å². The van der Waals surface area contributed by atoms with Gasteiger partial charge < -0.3 is 16.0 Å². The minimum Gasteiger partial charge on any atom is -0.370 e. The predicted octanol–water partition coefficient (Wildman–Crippen LogP) is 1.96. The molecular weight excluding hydrogens is 236 g/mol. The van der Waals surface area contributed by atoms with Gasteiger partial charge in [0.2, 0.25) is 0 Å². The van der Waals surface area contributed by atoms with Crippen molar-refractivity contribution in [3.05, 3.63) is 0 Å². The molecule has 2 fully saturated rings. The topological polar surface area (TPSA) is 53.6 Å². The van der Waals surface area contributed by atoms with E-state index in [1.807, 2.05) is 0 Å². The molecule has 1 aliphatic heterocycles. The number of aliphatic imine (C=N–C) groups is 1. The average molecular weight is 266 g/mol. The molecule has 3 N–H and O–H groups in total. The van der Waals surface area contributed by atoms with Gasteiger partial charge in [0.15, 0.2) is 5.96 Å². The zero-order valence-electron chi connectivity index (χ0n) is 12.4. The Morgan fingerprint density at radius 2 is 1.84 bits per heavy atom. The summed E-state index contributed by atoms with van der Waals surface area (Å²) in [7, 11) is 2.21. The number of guanidine groups is 1. The average Bonchev–Trinajstić information content (AvgIpc) is 2.42. The summed E-state index contributed by atoms with van der Waals surface area (Å²) < 4.78 is 0. The molecule has 110 valence electrons. The summed E-state index contributed by atoms with van der Waals surface area (Å²) in [5.41, 5.74) is 5.97. The second-order valence-electron chi connectivity index (χ2n) is 6.28. The Balaban J connectivity index is 1.61. The molecule has 0 radical (unpaired) electrons. The Labute approximate surface area is 117 Å². The molecule has 0 aromatic heterocycles. The van der Waals surface area contributed by atoms with E-state index in [2.05, 4.69) is 22.3 Å². The summed E-state index contributed by atoms with van der Waals surface area (Å²) in [5.74, 6) is 1.52. The van der Waals surface area contributed by atoms with Crippen LogP contribution in [0.15, 0.2) is 4.99 Å². The highest BCUT2D eigenvalue weighted by molar-refractivity contribution is 5.78. The van der Waals surface area contributed by atoms with Gasteiger partial charge in [-0.05, 0) is 58.2 Å². The molecule has 0 atom stereocenters.